The smallest absolute Gasteiger partial charge is 0.221 e. The van der Waals surface area contributed by atoms with Gasteiger partial charge in [-0.05, 0) is 25.7 Å². The van der Waals surface area contributed by atoms with Crippen LogP contribution in [0.4, 0.5) is 0 Å². The highest BCUT2D eigenvalue weighted by molar-refractivity contribution is 5.77. The summed E-state index contributed by atoms with van der Waals surface area (Å²) in [6, 6.07) is 1.08. The maximum atomic E-state index is 12.0. The number of amides is 1. The Morgan fingerprint density at radius 2 is 2.10 bits per heavy atom. The van der Waals surface area contributed by atoms with Crippen LogP contribution in [-0.4, -0.2) is 54.7 Å². The molecule has 5 heteroatoms. The Kier molecular flexibility index (Phi) is 4.58. The second-order valence-electron chi connectivity index (χ2n) is 6.43. The average molecular weight is 281 g/mol. The normalized spacial score (nSPS) is 32.5. The van der Waals surface area contributed by atoms with Crippen molar-refractivity contribution in [2.45, 2.75) is 69.2 Å². The predicted octanol–water partition coefficient (Wildman–Crippen LogP) is 0.626. The summed E-state index contributed by atoms with van der Waals surface area (Å²) in [5.41, 5.74) is 5.96. The molecular formula is C15H27N3O2. The molecule has 1 aliphatic heterocycles. The van der Waals surface area contributed by atoms with Crippen LogP contribution in [0.5, 0.6) is 0 Å². The molecule has 1 heterocycles. The van der Waals surface area contributed by atoms with E-state index in [0.29, 0.717) is 31.2 Å². The zero-order chi connectivity index (χ0) is 13.9. The van der Waals surface area contributed by atoms with Crippen molar-refractivity contribution in [3.63, 3.8) is 0 Å². The fourth-order valence-corrected chi connectivity index (χ4v) is 3.64. The minimum absolute atomic E-state index is 0.168. The van der Waals surface area contributed by atoms with Crippen LogP contribution in [0.2, 0.25) is 0 Å². The summed E-state index contributed by atoms with van der Waals surface area (Å²) in [5, 5.41) is 3.08. The van der Waals surface area contributed by atoms with Gasteiger partial charge in [0.2, 0.25) is 5.91 Å². The molecule has 0 aromatic rings. The minimum Gasteiger partial charge on any atom is -0.375 e. The molecule has 0 bridgehead atoms. The van der Waals surface area contributed by atoms with E-state index in [1.54, 1.807) is 0 Å². The van der Waals surface area contributed by atoms with E-state index in [-0.39, 0.29) is 11.9 Å². The lowest BCUT2D eigenvalue weighted by Crippen LogP contribution is -2.58. The Bertz CT molecular complexity index is 344. The average Bonchev–Trinajstić information content (AvgIpc) is 3.28. The molecule has 3 N–H and O–H groups in total. The first-order valence-electron chi connectivity index (χ1n) is 8.14. The van der Waals surface area contributed by atoms with Gasteiger partial charge in [-0.1, -0.05) is 12.8 Å². The lowest BCUT2D eigenvalue weighted by Gasteiger charge is -2.47. The molecule has 2 saturated carbocycles. The number of carbonyl (C=O) groups is 1. The molecule has 114 valence electrons. The van der Waals surface area contributed by atoms with Crippen molar-refractivity contribution < 1.29 is 9.53 Å². The zero-order valence-corrected chi connectivity index (χ0v) is 12.2. The first-order valence-corrected chi connectivity index (χ1v) is 8.14. The predicted molar refractivity (Wildman–Crippen MR) is 77.3 cm³/mol. The Morgan fingerprint density at radius 1 is 1.30 bits per heavy atom. The highest BCUT2D eigenvalue weighted by atomic mass is 16.5. The van der Waals surface area contributed by atoms with Crippen LogP contribution in [0.25, 0.3) is 0 Å². The first-order chi connectivity index (χ1) is 9.78. The van der Waals surface area contributed by atoms with Gasteiger partial charge in [0.05, 0.1) is 12.7 Å². The summed E-state index contributed by atoms with van der Waals surface area (Å²) in [7, 11) is 0. The van der Waals surface area contributed by atoms with Crippen molar-refractivity contribution in [2.75, 3.05) is 19.7 Å². The van der Waals surface area contributed by atoms with Crippen LogP contribution < -0.4 is 11.1 Å². The lowest BCUT2D eigenvalue weighted by molar-refractivity contribution is -0.127. The van der Waals surface area contributed by atoms with E-state index in [1.807, 2.05) is 0 Å². The van der Waals surface area contributed by atoms with Gasteiger partial charge in [0.15, 0.2) is 0 Å². The second kappa shape index (κ2) is 6.41. The third kappa shape index (κ3) is 3.32. The number of morpholine rings is 1. The maximum Gasteiger partial charge on any atom is 0.221 e. The van der Waals surface area contributed by atoms with E-state index in [2.05, 4.69) is 10.2 Å². The van der Waals surface area contributed by atoms with Crippen LogP contribution in [0.1, 0.15) is 44.9 Å². The lowest BCUT2D eigenvalue weighted by atomic mass is 9.88. The highest BCUT2D eigenvalue weighted by Gasteiger charge is 2.38. The molecule has 3 fully saturated rings. The van der Waals surface area contributed by atoms with Crippen LogP contribution in [0, 0.1) is 0 Å². The number of nitrogens with zero attached hydrogens (tertiary/aromatic N) is 1. The molecule has 1 amide bonds. The fourth-order valence-electron chi connectivity index (χ4n) is 3.64. The number of nitrogens with one attached hydrogen (secondary N) is 1. The molecule has 0 aromatic heterocycles. The third-order valence-corrected chi connectivity index (χ3v) is 4.88. The molecule has 3 atom stereocenters. The molecule has 2 aliphatic carbocycles. The third-order valence-electron chi connectivity index (χ3n) is 4.88. The van der Waals surface area contributed by atoms with Crippen molar-refractivity contribution >= 4 is 5.91 Å². The van der Waals surface area contributed by atoms with Gasteiger partial charge in [0.25, 0.3) is 0 Å². The summed E-state index contributed by atoms with van der Waals surface area (Å²) >= 11 is 0. The van der Waals surface area contributed by atoms with E-state index < -0.39 is 0 Å². The van der Waals surface area contributed by atoms with Crippen molar-refractivity contribution in [3.8, 4) is 0 Å². The van der Waals surface area contributed by atoms with E-state index in [0.717, 1.165) is 32.4 Å². The van der Waals surface area contributed by atoms with Crippen LogP contribution in [0.15, 0.2) is 0 Å². The van der Waals surface area contributed by atoms with Gasteiger partial charge in [-0.3, -0.25) is 9.69 Å². The van der Waals surface area contributed by atoms with E-state index >= 15 is 0 Å². The monoisotopic (exact) mass is 281 g/mol. The molecule has 3 unspecified atom stereocenters. The fraction of sp³-hybridized carbons (Fsp3) is 0.933. The summed E-state index contributed by atoms with van der Waals surface area (Å²) in [6.07, 6.45) is 8.06. The highest BCUT2D eigenvalue weighted by Crippen LogP contribution is 2.30. The number of hydrogen-bond donors (Lipinski definition) is 2. The number of hydrogen-bond acceptors (Lipinski definition) is 4. The van der Waals surface area contributed by atoms with Crippen molar-refractivity contribution in [1.29, 1.82) is 0 Å². The quantitative estimate of drug-likeness (QED) is 0.775. The Labute approximate surface area is 121 Å². The molecule has 0 radical (unpaired) electrons. The van der Waals surface area contributed by atoms with Gasteiger partial charge in [-0.2, -0.15) is 0 Å². The number of rotatable bonds is 5. The Morgan fingerprint density at radius 3 is 2.85 bits per heavy atom. The molecule has 0 spiro atoms. The number of ether oxygens (including phenoxy) is 1. The molecule has 20 heavy (non-hydrogen) atoms. The molecule has 1 saturated heterocycles. The SMILES string of the molecule is NCC(CC(=O)NC1CC1)N1CCOC2CCCCC21. The maximum absolute atomic E-state index is 12.0. The standard InChI is InChI=1S/C15H27N3O2/c16-10-12(9-15(19)17-11-5-6-11)18-7-8-20-14-4-2-1-3-13(14)18/h11-14H,1-10,16H2,(H,17,19). The van der Waals surface area contributed by atoms with Crippen LogP contribution in [0.3, 0.4) is 0 Å². The van der Waals surface area contributed by atoms with Gasteiger partial charge in [-0.15, -0.1) is 0 Å². The van der Waals surface area contributed by atoms with Crippen molar-refractivity contribution in [3.05, 3.63) is 0 Å². The molecule has 3 rings (SSSR count). The van der Waals surface area contributed by atoms with Gasteiger partial charge in [0.1, 0.15) is 0 Å². The first kappa shape index (κ1) is 14.3. The van der Waals surface area contributed by atoms with Gasteiger partial charge in [0, 0.05) is 37.6 Å². The molecule has 5 nitrogen and oxygen atoms in total. The summed E-state index contributed by atoms with van der Waals surface area (Å²) < 4.78 is 5.90. The Hall–Kier alpha value is -0.650. The second-order valence-corrected chi connectivity index (χ2v) is 6.43. The number of nitrogens with two attached hydrogens (primary N) is 1. The number of carbonyl (C=O) groups excluding carboxylic acids is 1. The largest absolute Gasteiger partial charge is 0.375 e. The summed E-state index contributed by atoms with van der Waals surface area (Å²) in [5.74, 6) is 0.168. The Balaban J connectivity index is 1.59. The van der Waals surface area contributed by atoms with Crippen molar-refractivity contribution in [2.24, 2.45) is 5.73 Å². The van der Waals surface area contributed by atoms with E-state index in [9.17, 15) is 4.79 Å². The topological polar surface area (TPSA) is 67.6 Å². The molecule has 3 aliphatic rings. The van der Waals surface area contributed by atoms with Crippen molar-refractivity contribution in [1.82, 2.24) is 10.2 Å². The van der Waals surface area contributed by atoms with Gasteiger partial charge in [-0.25, -0.2) is 0 Å². The van der Waals surface area contributed by atoms with Gasteiger partial charge < -0.3 is 15.8 Å². The molecule has 0 aromatic carbocycles. The number of fused-ring (bicyclic) bond motifs is 1. The van der Waals surface area contributed by atoms with E-state index in [4.69, 9.17) is 10.5 Å². The summed E-state index contributed by atoms with van der Waals surface area (Å²) in [4.78, 5) is 14.5. The zero-order valence-electron chi connectivity index (χ0n) is 12.2. The summed E-state index contributed by atoms with van der Waals surface area (Å²) in [6.45, 7) is 2.25. The van der Waals surface area contributed by atoms with Crippen LogP contribution in [-0.2, 0) is 9.53 Å². The molecular weight excluding hydrogens is 254 g/mol. The minimum atomic E-state index is 0.168. The van der Waals surface area contributed by atoms with Crippen LogP contribution >= 0.6 is 0 Å². The van der Waals surface area contributed by atoms with E-state index in [1.165, 1.54) is 19.3 Å². The van der Waals surface area contributed by atoms with Gasteiger partial charge >= 0.3 is 0 Å².